The molecule has 0 amide bonds. The third-order valence-corrected chi connectivity index (χ3v) is 6.68. The summed E-state index contributed by atoms with van der Waals surface area (Å²) in [7, 11) is 3.20. The van der Waals surface area contributed by atoms with Gasteiger partial charge in [0.15, 0.2) is 11.5 Å². The van der Waals surface area contributed by atoms with Crippen LogP contribution in [0.1, 0.15) is 33.0 Å². The molecule has 0 radical (unpaired) electrons. The molecule has 0 aliphatic carbocycles. The monoisotopic (exact) mass is 445 g/mol. The number of rotatable bonds is 6. The molecular formula is C25H23N3O3S. The van der Waals surface area contributed by atoms with Gasteiger partial charge >= 0.3 is 0 Å². The summed E-state index contributed by atoms with van der Waals surface area (Å²) in [6, 6.07) is 15.2. The molecule has 0 fully saturated rings. The zero-order valence-electron chi connectivity index (χ0n) is 18.4. The van der Waals surface area contributed by atoms with E-state index < -0.39 is 0 Å². The number of hydrogen-bond donors (Lipinski definition) is 0. The van der Waals surface area contributed by atoms with E-state index in [1.54, 1.807) is 36.2 Å². The van der Waals surface area contributed by atoms with Crippen molar-refractivity contribution in [2.45, 2.75) is 26.8 Å². The van der Waals surface area contributed by atoms with Gasteiger partial charge in [-0.1, -0.05) is 18.2 Å². The van der Waals surface area contributed by atoms with Crippen molar-refractivity contribution in [2.24, 2.45) is 0 Å². The average Bonchev–Trinajstić information content (AvgIpc) is 3.09. The number of hydrogen-bond acceptors (Lipinski definition) is 6. The number of ether oxygens (including phenoxy) is 2. The van der Waals surface area contributed by atoms with Gasteiger partial charge in [-0.15, -0.1) is 11.3 Å². The molecule has 0 saturated carbocycles. The molecule has 7 heteroatoms. The Morgan fingerprint density at radius 3 is 2.56 bits per heavy atom. The SMILES string of the molecule is COc1ccc(Cc2nc3sc(C)c(C)c3c(=O)n2Cc2cccc(C#N)c2)cc1OC. The standard InChI is InChI=1S/C25H23N3O3S/c1-15-16(2)32-24-23(15)25(29)28(14-19-7-5-6-18(10-19)13-26)22(27-24)12-17-8-9-20(30-3)21(11-17)31-4/h5-11H,12,14H2,1-4H3. The van der Waals surface area contributed by atoms with Crippen molar-refractivity contribution in [3.63, 3.8) is 0 Å². The lowest BCUT2D eigenvalue weighted by Crippen LogP contribution is -2.26. The van der Waals surface area contributed by atoms with Crippen LogP contribution in [-0.2, 0) is 13.0 Å². The molecule has 0 aliphatic heterocycles. The Morgan fingerprint density at radius 1 is 1.06 bits per heavy atom. The van der Waals surface area contributed by atoms with Crippen molar-refractivity contribution in [3.8, 4) is 17.6 Å². The van der Waals surface area contributed by atoms with Crippen molar-refractivity contribution in [1.29, 1.82) is 5.26 Å². The van der Waals surface area contributed by atoms with Gasteiger partial charge < -0.3 is 9.47 Å². The van der Waals surface area contributed by atoms with Crippen molar-refractivity contribution in [2.75, 3.05) is 14.2 Å². The number of thiophene rings is 1. The number of fused-ring (bicyclic) bond motifs is 1. The molecule has 0 unspecified atom stereocenters. The smallest absolute Gasteiger partial charge is 0.262 e. The van der Waals surface area contributed by atoms with Gasteiger partial charge in [0.05, 0.1) is 37.8 Å². The van der Waals surface area contributed by atoms with E-state index in [9.17, 15) is 10.1 Å². The first-order chi connectivity index (χ1) is 15.4. The summed E-state index contributed by atoms with van der Waals surface area (Å²) in [5.74, 6) is 1.94. The maximum Gasteiger partial charge on any atom is 0.262 e. The van der Waals surface area contributed by atoms with E-state index in [0.717, 1.165) is 26.4 Å². The lowest BCUT2D eigenvalue weighted by Gasteiger charge is -2.14. The van der Waals surface area contributed by atoms with Crippen LogP contribution < -0.4 is 15.0 Å². The van der Waals surface area contributed by atoms with E-state index in [2.05, 4.69) is 6.07 Å². The van der Waals surface area contributed by atoms with E-state index in [1.807, 2.05) is 50.2 Å². The highest BCUT2D eigenvalue weighted by atomic mass is 32.1. The first-order valence-electron chi connectivity index (χ1n) is 10.1. The van der Waals surface area contributed by atoms with Crippen LogP contribution in [0.4, 0.5) is 0 Å². The summed E-state index contributed by atoms with van der Waals surface area (Å²) < 4.78 is 12.5. The fourth-order valence-corrected chi connectivity index (χ4v) is 4.80. The average molecular weight is 446 g/mol. The molecule has 0 bridgehead atoms. The first-order valence-corrected chi connectivity index (χ1v) is 11.0. The number of aryl methyl sites for hydroxylation is 2. The van der Waals surface area contributed by atoms with Gasteiger partial charge in [-0.3, -0.25) is 9.36 Å². The minimum atomic E-state index is -0.0605. The van der Waals surface area contributed by atoms with Gasteiger partial charge in [-0.05, 0) is 54.8 Å². The van der Waals surface area contributed by atoms with Crippen LogP contribution in [0.2, 0.25) is 0 Å². The molecule has 2 aromatic heterocycles. The van der Waals surface area contributed by atoms with Crippen LogP contribution in [-0.4, -0.2) is 23.8 Å². The van der Waals surface area contributed by atoms with E-state index in [4.69, 9.17) is 14.5 Å². The largest absolute Gasteiger partial charge is 0.493 e. The molecule has 0 atom stereocenters. The van der Waals surface area contributed by atoms with Crippen LogP contribution in [0, 0.1) is 25.2 Å². The summed E-state index contributed by atoms with van der Waals surface area (Å²) in [4.78, 5) is 20.3. The summed E-state index contributed by atoms with van der Waals surface area (Å²) in [6.45, 7) is 4.32. The zero-order valence-corrected chi connectivity index (χ0v) is 19.2. The van der Waals surface area contributed by atoms with Gasteiger partial charge in [-0.25, -0.2) is 4.98 Å². The molecule has 2 heterocycles. The Bertz CT molecular complexity index is 1410. The summed E-state index contributed by atoms with van der Waals surface area (Å²) >= 11 is 1.54. The van der Waals surface area contributed by atoms with Crippen LogP contribution >= 0.6 is 11.3 Å². The first kappa shape index (κ1) is 21.6. The van der Waals surface area contributed by atoms with Gasteiger partial charge in [0.1, 0.15) is 10.7 Å². The van der Waals surface area contributed by atoms with Gasteiger partial charge in [0, 0.05) is 11.3 Å². The fraction of sp³-hybridized carbons (Fsp3) is 0.240. The summed E-state index contributed by atoms with van der Waals surface area (Å²) in [6.07, 6.45) is 0.458. The topological polar surface area (TPSA) is 77.1 Å². The quantitative estimate of drug-likeness (QED) is 0.433. The molecule has 6 nitrogen and oxygen atoms in total. The Labute approximate surface area is 190 Å². The molecule has 162 valence electrons. The van der Waals surface area contributed by atoms with Crippen molar-refractivity contribution in [1.82, 2.24) is 9.55 Å². The predicted molar refractivity (Wildman–Crippen MR) is 126 cm³/mol. The van der Waals surface area contributed by atoms with Gasteiger partial charge in [0.2, 0.25) is 0 Å². The maximum absolute atomic E-state index is 13.6. The highest BCUT2D eigenvalue weighted by Gasteiger charge is 2.18. The van der Waals surface area contributed by atoms with Crippen molar-refractivity contribution >= 4 is 21.6 Å². The molecule has 0 aliphatic rings. The molecule has 4 rings (SSSR count). The Kier molecular flexibility index (Phi) is 5.97. The van der Waals surface area contributed by atoms with Crippen molar-refractivity contribution < 1.29 is 9.47 Å². The second kappa shape index (κ2) is 8.85. The van der Waals surface area contributed by atoms with Crippen molar-refractivity contribution in [3.05, 3.63) is 85.8 Å². The molecule has 2 aromatic carbocycles. The number of nitriles is 1. The van der Waals surface area contributed by atoms with E-state index in [0.29, 0.717) is 41.2 Å². The predicted octanol–water partition coefficient (Wildman–Crippen LogP) is 4.60. The Hall–Kier alpha value is -3.63. The van der Waals surface area contributed by atoms with E-state index in [-0.39, 0.29) is 5.56 Å². The molecule has 32 heavy (non-hydrogen) atoms. The maximum atomic E-state index is 13.6. The normalized spacial score (nSPS) is 10.8. The molecule has 0 saturated heterocycles. The molecule has 0 N–H and O–H groups in total. The summed E-state index contributed by atoms with van der Waals surface area (Å²) in [5.41, 5.74) is 3.31. The molecular weight excluding hydrogens is 422 g/mol. The second-order valence-electron chi connectivity index (χ2n) is 7.56. The summed E-state index contributed by atoms with van der Waals surface area (Å²) in [5, 5.41) is 9.92. The highest BCUT2D eigenvalue weighted by molar-refractivity contribution is 7.18. The molecule has 0 spiro atoms. The minimum absolute atomic E-state index is 0.0605. The number of benzene rings is 2. The van der Waals surface area contributed by atoms with Crippen LogP contribution in [0.25, 0.3) is 10.2 Å². The third-order valence-electron chi connectivity index (χ3n) is 5.57. The lowest BCUT2D eigenvalue weighted by atomic mass is 10.1. The molecule has 4 aromatic rings. The van der Waals surface area contributed by atoms with E-state index in [1.165, 1.54) is 0 Å². The highest BCUT2D eigenvalue weighted by Crippen LogP contribution is 2.30. The van der Waals surface area contributed by atoms with E-state index >= 15 is 0 Å². The number of methoxy groups -OCH3 is 2. The second-order valence-corrected chi connectivity index (χ2v) is 8.76. The Morgan fingerprint density at radius 2 is 1.84 bits per heavy atom. The number of aromatic nitrogens is 2. The minimum Gasteiger partial charge on any atom is -0.493 e. The lowest BCUT2D eigenvalue weighted by molar-refractivity contribution is 0.354. The van der Waals surface area contributed by atoms with Gasteiger partial charge in [-0.2, -0.15) is 5.26 Å². The fourth-order valence-electron chi connectivity index (χ4n) is 3.76. The third kappa shape index (κ3) is 3.97. The van der Waals surface area contributed by atoms with Crippen LogP contribution in [0.5, 0.6) is 11.5 Å². The zero-order chi connectivity index (χ0) is 22.8. The van der Waals surface area contributed by atoms with Crippen LogP contribution in [0.3, 0.4) is 0 Å². The number of nitrogens with zero attached hydrogens (tertiary/aromatic N) is 3. The van der Waals surface area contributed by atoms with Crippen LogP contribution in [0.15, 0.2) is 47.3 Å². The van der Waals surface area contributed by atoms with Gasteiger partial charge in [0.25, 0.3) is 5.56 Å². The Balaban J connectivity index is 1.86.